The molecule has 0 aromatic carbocycles. The number of rotatable bonds is 6. The third-order valence-corrected chi connectivity index (χ3v) is 3.90. The van der Waals surface area contributed by atoms with E-state index in [0.29, 0.717) is 11.9 Å². The summed E-state index contributed by atoms with van der Waals surface area (Å²) in [5.41, 5.74) is 0.930. The van der Waals surface area contributed by atoms with Gasteiger partial charge in [-0.25, -0.2) is 4.98 Å². The minimum Gasteiger partial charge on any atom is -0.365 e. The Labute approximate surface area is 120 Å². The Bertz CT molecular complexity index is 477. The van der Waals surface area contributed by atoms with E-state index in [-0.39, 0.29) is 5.56 Å². The molecule has 1 unspecified atom stereocenters. The first-order valence-electron chi connectivity index (χ1n) is 7.76. The fourth-order valence-corrected chi connectivity index (χ4v) is 2.73. The number of anilines is 1. The minimum absolute atomic E-state index is 0.00320. The molecular formula is C15H26N4O. The molecule has 1 aromatic heterocycles. The predicted octanol–water partition coefficient (Wildman–Crippen LogP) is 1.91. The highest BCUT2D eigenvalue weighted by Gasteiger charge is 2.12. The molecule has 0 bridgehead atoms. The lowest BCUT2D eigenvalue weighted by atomic mass is 10.0. The van der Waals surface area contributed by atoms with E-state index < -0.39 is 0 Å². The van der Waals surface area contributed by atoms with Crippen LogP contribution >= 0.6 is 0 Å². The molecule has 2 N–H and O–H groups in total. The van der Waals surface area contributed by atoms with Gasteiger partial charge in [0.25, 0.3) is 5.56 Å². The van der Waals surface area contributed by atoms with E-state index in [1.54, 1.807) is 10.8 Å². The number of nitrogens with zero attached hydrogens (tertiary/aromatic N) is 2. The van der Waals surface area contributed by atoms with Crippen LogP contribution in [-0.2, 0) is 6.54 Å². The molecule has 1 fully saturated rings. The van der Waals surface area contributed by atoms with Crippen molar-refractivity contribution in [2.45, 2.75) is 58.5 Å². The van der Waals surface area contributed by atoms with E-state index in [0.717, 1.165) is 38.2 Å². The second-order valence-corrected chi connectivity index (χ2v) is 5.57. The van der Waals surface area contributed by atoms with Crippen molar-refractivity contribution >= 4 is 5.82 Å². The van der Waals surface area contributed by atoms with Gasteiger partial charge in [0.2, 0.25) is 0 Å². The zero-order valence-electron chi connectivity index (χ0n) is 12.6. The molecule has 5 heteroatoms. The molecule has 1 aromatic rings. The van der Waals surface area contributed by atoms with Crippen LogP contribution in [0.5, 0.6) is 0 Å². The second kappa shape index (κ2) is 7.43. The van der Waals surface area contributed by atoms with Crippen molar-refractivity contribution in [1.29, 1.82) is 0 Å². The fourth-order valence-electron chi connectivity index (χ4n) is 2.73. The Hall–Kier alpha value is -1.36. The summed E-state index contributed by atoms with van der Waals surface area (Å²) < 4.78 is 1.80. The van der Waals surface area contributed by atoms with Gasteiger partial charge in [0.15, 0.2) is 5.82 Å². The summed E-state index contributed by atoms with van der Waals surface area (Å²) >= 11 is 0. The first-order valence-corrected chi connectivity index (χ1v) is 7.76. The zero-order valence-corrected chi connectivity index (χ0v) is 12.6. The predicted molar refractivity (Wildman–Crippen MR) is 82.3 cm³/mol. The molecule has 0 spiro atoms. The van der Waals surface area contributed by atoms with E-state index in [1.165, 1.54) is 19.3 Å². The molecule has 0 aliphatic carbocycles. The third-order valence-electron chi connectivity index (χ3n) is 3.90. The van der Waals surface area contributed by atoms with Gasteiger partial charge in [0.05, 0.1) is 0 Å². The maximum Gasteiger partial charge on any atom is 0.293 e. The molecule has 0 radical (unpaired) electrons. The number of hydrogen-bond donors (Lipinski definition) is 2. The van der Waals surface area contributed by atoms with Crippen LogP contribution in [0.1, 0.15) is 44.7 Å². The lowest BCUT2D eigenvalue weighted by molar-refractivity contribution is 0.388. The Balaban J connectivity index is 1.92. The third kappa shape index (κ3) is 3.82. The second-order valence-electron chi connectivity index (χ2n) is 5.57. The molecule has 1 atom stereocenters. The smallest absolute Gasteiger partial charge is 0.293 e. The van der Waals surface area contributed by atoms with E-state index in [2.05, 4.69) is 22.5 Å². The number of aromatic nitrogens is 2. The molecule has 0 amide bonds. The maximum absolute atomic E-state index is 12.3. The summed E-state index contributed by atoms with van der Waals surface area (Å²) in [4.78, 5) is 16.5. The molecule has 1 aliphatic rings. The summed E-state index contributed by atoms with van der Waals surface area (Å²) in [6, 6.07) is 0.583. The number of hydrogen-bond acceptors (Lipinski definition) is 4. The monoisotopic (exact) mass is 278 g/mol. The SMILES string of the molecule is CCCn1c(C)cnc(NCCC2CCCCN2)c1=O. The lowest BCUT2D eigenvalue weighted by Crippen LogP contribution is -2.36. The van der Waals surface area contributed by atoms with Gasteiger partial charge in [-0.15, -0.1) is 0 Å². The summed E-state index contributed by atoms with van der Waals surface area (Å²) in [6.45, 7) is 6.69. The van der Waals surface area contributed by atoms with E-state index in [4.69, 9.17) is 0 Å². The standard InChI is InChI=1S/C15H26N4O/c1-3-10-19-12(2)11-18-14(15(19)20)17-9-7-13-6-4-5-8-16-13/h11,13,16H,3-10H2,1-2H3,(H,17,18). The van der Waals surface area contributed by atoms with Crippen molar-refractivity contribution in [3.63, 3.8) is 0 Å². The number of aryl methyl sites for hydroxylation is 1. The van der Waals surface area contributed by atoms with Crippen molar-refractivity contribution in [3.8, 4) is 0 Å². The Kier molecular flexibility index (Phi) is 5.59. The summed E-state index contributed by atoms with van der Waals surface area (Å²) in [5.74, 6) is 0.486. The average Bonchev–Trinajstić information content (AvgIpc) is 2.47. The summed E-state index contributed by atoms with van der Waals surface area (Å²) in [7, 11) is 0. The van der Waals surface area contributed by atoms with Crippen molar-refractivity contribution in [2.75, 3.05) is 18.4 Å². The van der Waals surface area contributed by atoms with Gasteiger partial charge < -0.3 is 15.2 Å². The van der Waals surface area contributed by atoms with Crippen LogP contribution in [0.3, 0.4) is 0 Å². The summed E-state index contributed by atoms with van der Waals surface area (Å²) in [5, 5.41) is 6.72. The first-order chi connectivity index (χ1) is 9.72. The molecule has 5 nitrogen and oxygen atoms in total. The quantitative estimate of drug-likeness (QED) is 0.834. The van der Waals surface area contributed by atoms with Gasteiger partial charge >= 0.3 is 0 Å². The molecule has 112 valence electrons. The maximum atomic E-state index is 12.3. The number of piperidine rings is 1. The van der Waals surface area contributed by atoms with Crippen LogP contribution in [0.2, 0.25) is 0 Å². The highest BCUT2D eigenvalue weighted by Crippen LogP contribution is 2.10. The lowest BCUT2D eigenvalue weighted by Gasteiger charge is -2.23. The fraction of sp³-hybridized carbons (Fsp3) is 0.733. The van der Waals surface area contributed by atoms with Crippen LogP contribution in [0.4, 0.5) is 5.82 Å². The van der Waals surface area contributed by atoms with E-state index >= 15 is 0 Å². The average molecular weight is 278 g/mol. The van der Waals surface area contributed by atoms with Gasteiger partial charge in [0, 0.05) is 31.0 Å². The van der Waals surface area contributed by atoms with Crippen LogP contribution in [0, 0.1) is 6.92 Å². The van der Waals surface area contributed by atoms with Gasteiger partial charge in [-0.3, -0.25) is 4.79 Å². The highest BCUT2D eigenvalue weighted by molar-refractivity contribution is 5.31. The highest BCUT2D eigenvalue weighted by atomic mass is 16.1. The molecular weight excluding hydrogens is 252 g/mol. The number of nitrogens with one attached hydrogen (secondary N) is 2. The van der Waals surface area contributed by atoms with Crippen molar-refractivity contribution < 1.29 is 0 Å². The molecule has 1 saturated heterocycles. The molecule has 1 aliphatic heterocycles. The van der Waals surface area contributed by atoms with Crippen molar-refractivity contribution in [3.05, 3.63) is 22.2 Å². The van der Waals surface area contributed by atoms with E-state index in [9.17, 15) is 4.79 Å². The Morgan fingerprint density at radius 2 is 2.35 bits per heavy atom. The van der Waals surface area contributed by atoms with Gasteiger partial charge in [0.1, 0.15) is 0 Å². The molecule has 2 rings (SSSR count). The zero-order chi connectivity index (χ0) is 14.4. The summed E-state index contributed by atoms with van der Waals surface area (Å²) in [6.07, 6.45) is 7.61. The Morgan fingerprint density at radius 3 is 3.05 bits per heavy atom. The van der Waals surface area contributed by atoms with Gasteiger partial charge in [-0.1, -0.05) is 13.3 Å². The molecule has 20 heavy (non-hydrogen) atoms. The van der Waals surface area contributed by atoms with Gasteiger partial charge in [-0.05, 0) is 39.2 Å². The van der Waals surface area contributed by atoms with E-state index in [1.807, 2.05) is 6.92 Å². The van der Waals surface area contributed by atoms with Crippen molar-refractivity contribution in [1.82, 2.24) is 14.9 Å². The van der Waals surface area contributed by atoms with Crippen LogP contribution in [-0.4, -0.2) is 28.7 Å². The van der Waals surface area contributed by atoms with Crippen LogP contribution in [0.25, 0.3) is 0 Å². The first kappa shape index (κ1) is 15.0. The molecule has 0 saturated carbocycles. The Morgan fingerprint density at radius 1 is 1.50 bits per heavy atom. The van der Waals surface area contributed by atoms with Crippen LogP contribution < -0.4 is 16.2 Å². The van der Waals surface area contributed by atoms with Crippen molar-refractivity contribution in [2.24, 2.45) is 0 Å². The molecule has 2 heterocycles. The topological polar surface area (TPSA) is 59.0 Å². The largest absolute Gasteiger partial charge is 0.365 e. The minimum atomic E-state index is 0.00320. The van der Waals surface area contributed by atoms with Gasteiger partial charge in [-0.2, -0.15) is 0 Å². The normalized spacial score (nSPS) is 19.0. The van der Waals surface area contributed by atoms with Crippen LogP contribution in [0.15, 0.2) is 11.0 Å².